The summed E-state index contributed by atoms with van der Waals surface area (Å²) in [6.07, 6.45) is -1.09. The summed E-state index contributed by atoms with van der Waals surface area (Å²) in [6.45, 7) is -0.899. The van der Waals surface area contributed by atoms with E-state index < -0.39 is 24.3 Å². The molecule has 8 nitrogen and oxygen atoms in total. The minimum Gasteiger partial charge on any atom is -0.507 e. The number of aryl methyl sites for hydroxylation is 1. The number of aliphatic hydroxyl groups is 2. The lowest BCUT2D eigenvalue weighted by Crippen LogP contribution is -2.55. The number of fused-ring (bicyclic) bond motifs is 4. The van der Waals surface area contributed by atoms with E-state index in [2.05, 4.69) is 4.74 Å². The van der Waals surface area contributed by atoms with Gasteiger partial charge >= 0.3 is 5.97 Å². The Morgan fingerprint density at radius 3 is 2.79 bits per heavy atom. The first kappa shape index (κ1) is 18.3. The van der Waals surface area contributed by atoms with Gasteiger partial charge in [-0.2, -0.15) is 0 Å². The Bertz CT molecular complexity index is 1180. The SMILES string of the molecule is COC(=O)[C@](O)(CO)[C@@H]1Cc2c(cc(O)c3c(=O)c4ccccc4n(C)c23)O1. The number of ether oxygens (including phenoxy) is 2. The maximum Gasteiger partial charge on any atom is 0.344 e. The summed E-state index contributed by atoms with van der Waals surface area (Å²) in [5.41, 5.74) is -0.921. The van der Waals surface area contributed by atoms with Crippen LogP contribution in [0.2, 0.25) is 0 Å². The number of benzene rings is 2. The van der Waals surface area contributed by atoms with Crippen LogP contribution in [0.15, 0.2) is 35.1 Å². The Hall–Kier alpha value is -3.10. The zero-order valence-electron chi connectivity index (χ0n) is 15.3. The van der Waals surface area contributed by atoms with Gasteiger partial charge in [0.1, 0.15) is 17.6 Å². The van der Waals surface area contributed by atoms with Crippen molar-refractivity contribution in [1.29, 1.82) is 0 Å². The van der Waals surface area contributed by atoms with E-state index in [0.29, 0.717) is 22.0 Å². The second-order valence-electron chi connectivity index (χ2n) is 6.89. The predicted octanol–water partition coefficient (Wildman–Crippen LogP) is 0.597. The molecule has 0 aliphatic carbocycles. The number of aromatic nitrogens is 1. The largest absolute Gasteiger partial charge is 0.507 e. The Kier molecular flexibility index (Phi) is 4.06. The monoisotopic (exact) mass is 385 g/mol. The zero-order chi connectivity index (χ0) is 20.2. The van der Waals surface area contributed by atoms with Crippen LogP contribution >= 0.6 is 0 Å². The molecule has 0 amide bonds. The van der Waals surface area contributed by atoms with E-state index in [4.69, 9.17) is 4.74 Å². The molecule has 3 aromatic rings. The van der Waals surface area contributed by atoms with Gasteiger partial charge in [-0.3, -0.25) is 4.79 Å². The van der Waals surface area contributed by atoms with Crippen LogP contribution in [0, 0.1) is 0 Å². The number of esters is 1. The van der Waals surface area contributed by atoms with Gasteiger partial charge in [0.2, 0.25) is 11.0 Å². The lowest BCUT2D eigenvalue weighted by molar-refractivity contribution is -0.177. The number of phenolic OH excluding ortho intramolecular Hbond substituents is 1. The van der Waals surface area contributed by atoms with Gasteiger partial charge in [-0.1, -0.05) is 12.1 Å². The van der Waals surface area contributed by atoms with Gasteiger partial charge in [0.25, 0.3) is 0 Å². The number of carbonyl (C=O) groups excluding carboxylic acids is 1. The summed E-state index contributed by atoms with van der Waals surface area (Å²) in [6, 6.07) is 8.32. The number of phenols is 1. The van der Waals surface area contributed by atoms with Gasteiger partial charge < -0.3 is 29.4 Å². The van der Waals surface area contributed by atoms with Crippen molar-refractivity contribution in [2.45, 2.75) is 18.1 Å². The van der Waals surface area contributed by atoms with Crippen molar-refractivity contribution >= 4 is 27.8 Å². The second kappa shape index (κ2) is 6.22. The lowest BCUT2D eigenvalue weighted by atomic mass is 9.92. The third-order valence-corrected chi connectivity index (χ3v) is 5.39. The first-order valence-electron chi connectivity index (χ1n) is 8.68. The summed E-state index contributed by atoms with van der Waals surface area (Å²) in [7, 11) is 2.86. The van der Waals surface area contributed by atoms with Crippen LogP contribution in [-0.4, -0.2) is 51.3 Å². The average Bonchev–Trinajstić information content (AvgIpc) is 3.14. The normalized spacial score (nSPS) is 17.9. The highest BCUT2D eigenvalue weighted by Gasteiger charge is 2.50. The van der Waals surface area contributed by atoms with Crippen LogP contribution in [0.3, 0.4) is 0 Å². The smallest absolute Gasteiger partial charge is 0.344 e. The van der Waals surface area contributed by atoms with Gasteiger partial charge in [-0.25, -0.2) is 4.79 Å². The van der Waals surface area contributed by atoms with Crippen LogP contribution in [0.4, 0.5) is 0 Å². The van der Waals surface area contributed by atoms with Gasteiger partial charge in [0.15, 0.2) is 0 Å². The number of carbonyl (C=O) groups is 1. The minimum absolute atomic E-state index is 0.0455. The maximum absolute atomic E-state index is 13.0. The molecule has 0 unspecified atom stereocenters. The van der Waals surface area contributed by atoms with Crippen molar-refractivity contribution in [2.24, 2.45) is 7.05 Å². The predicted molar refractivity (Wildman–Crippen MR) is 101 cm³/mol. The fourth-order valence-corrected chi connectivity index (χ4v) is 3.90. The molecule has 1 aliphatic heterocycles. The second-order valence-corrected chi connectivity index (χ2v) is 6.89. The van der Waals surface area contributed by atoms with Crippen molar-refractivity contribution in [3.05, 3.63) is 46.1 Å². The molecule has 28 heavy (non-hydrogen) atoms. The topological polar surface area (TPSA) is 118 Å². The molecule has 2 aromatic carbocycles. The third kappa shape index (κ3) is 2.31. The Balaban J connectivity index is 1.99. The van der Waals surface area contributed by atoms with Crippen LogP contribution in [0.5, 0.6) is 11.5 Å². The van der Waals surface area contributed by atoms with Crippen LogP contribution in [0.1, 0.15) is 5.56 Å². The first-order chi connectivity index (χ1) is 13.3. The number of hydrogen-bond donors (Lipinski definition) is 3. The molecule has 0 saturated carbocycles. The minimum atomic E-state index is -2.27. The lowest BCUT2D eigenvalue weighted by Gasteiger charge is -2.28. The van der Waals surface area contributed by atoms with Gasteiger partial charge in [0, 0.05) is 30.5 Å². The number of rotatable bonds is 3. The summed E-state index contributed by atoms with van der Waals surface area (Å²) in [4.78, 5) is 25.0. The molecule has 0 fully saturated rings. The van der Waals surface area contributed by atoms with E-state index in [1.807, 2.05) is 0 Å². The van der Waals surface area contributed by atoms with E-state index in [9.17, 15) is 24.9 Å². The number of aliphatic hydroxyl groups excluding tert-OH is 1. The Labute approximate surface area is 159 Å². The molecular formula is C20H19NO7. The van der Waals surface area contributed by atoms with E-state index in [1.54, 1.807) is 35.9 Å². The molecule has 0 saturated heterocycles. The number of nitrogens with zero attached hydrogens (tertiary/aromatic N) is 1. The fraction of sp³-hybridized carbons (Fsp3) is 0.300. The molecule has 2 heterocycles. The van der Waals surface area contributed by atoms with Crippen LogP contribution in [0.25, 0.3) is 21.8 Å². The number of methoxy groups -OCH3 is 1. The number of aromatic hydroxyl groups is 1. The molecule has 8 heteroatoms. The molecule has 3 N–H and O–H groups in total. The average molecular weight is 385 g/mol. The van der Waals surface area contributed by atoms with E-state index in [1.165, 1.54) is 6.07 Å². The summed E-state index contributed by atoms with van der Waals surface area (Å²) in [5, 5.41) is 31.3. The molecule has 1 aliphatic rings. The summed E-state index contributed by atoms with van der Waals surface area (Å²) in [5.74, 6) is -1.05. The highest BCUT2D eigenvalue weighted by atomic mass is 16.6. The van der Waals surface area contributed by atoms with Crippen molar-refractivity contribution in [3.63, 3.8) is 0 Å². The van der Waals surface area contributed by atoms with Gasteiger partial charge in [-0.05, 0) is 12.1 Å². The number of hydrogen-bond acceptors (Lipinski definition) is 7. The highest BCUT2D eigenvalue weighted by Crippen LogP contribution is 2.42. The summed E-state index contributed by atoms with van der Waals surface area (Å²) < 4.78 is 12.1. The van der Waals surface area contributed by atoms with E-state index in [-0.39, 0.29) is 28.7 Å². The molecular weight excluding hydrogens is 366 g/mol. The Morgan fingerprint density at radius 1 is 1.39 bits per heavy atom. The molecule has 0 bridgehead atoms. The van der Waals surface area contributed by atoms with Crippen LogP contribution < -0.4 is 10.2 Å². The quantitative estimate of drug-likeness (QED) is 0.446. The molecule has 146 valence electrons. The highest BCUT2D eigenvalue weighted by molar-refractivity contribution is 5.99. The van der Waals surface area contributed by atoms with Gasteiger partial charge in [0.05, 0.1) is 30.1 Å². The molecule has 4 rings (SSSR count). The van der Waals surface area contributed by atoms with Gasteiger partial charge in [-0.15, -0.1) is 0 Å². The molecule has 0 spiro atoms. The summed E-state index contributed by atoms with van der Waals surface area (Å²) >= 11 is 0. The Morgan fingerprint density at radius 2 is 2.11 bits per heavy atom. The molecule has 2 atom stereocenters. The van der Waals surface area contributed by atoms with Crippen LogP contribution in [-0.2, 0) is 23.0 Å². The zero-order valence-corrected chi connectivity index (χ0v) is 15.3. The first-order valence-corrected chi connectivity index (χ1v) is 8.68. The van der Waals surface area contributed by atoms with Crippen molar-refractivity contribution in [3.8, 4) is 11.5 Å². The van der Waals surface area contributed by atoms with E-state index >= 15 is 0 Å². The van der Waals surface area contributed by atoms with Crippen molar-refractivity contribution < 1.29 is 29.6 Å². The molecule has 1 aromatic heterocycles. The van der Waals surface area contributed by atoms with Crippen molar-refractivity contribution in [2.75, 3.05) is 13.7 Å². The van der Waals surface area contributed by atoms with E-state index in [0.717, 1.165) is 7.11 Å². The van der Waals surface area contributed by atoms with Crippen molar-refractivity contribution in [1.82, 2.24) is 4.57 Å². The molecule has 0 radical (unpaired) electrons. The maximum atomic E-state index is 13.0. The third-order valence-electron chi connectivity index (χ3n) is 5.39. The number of para-hydroxylation sites is 1. The number of pyridine rings is 1. The standard InChI is InChI=1S/C20H19NO7/c1-21-12-6-4-3-5-10(12)18(24)16-13(23)8-14-11(17(16)21)7-15(28-14)20(26,9-22)19(25)27-2/h3-6,8,15,22-23,26H,7,9H2,1-2H3/t15-,20-/m0/s1. The fourth-order valence-electron chi connectivity index (χ4n) is 3.90.